The van der Waals surface area contributed by atoms with Crippen molar-refractivity contribution in [2.24, 2.45) is 5.73 Å². The third-order valence-corrected chi connectivity index (χ3v) is 4.20. The molecule has 0 unspecified atom stereocenters. The Morgan fingerprint density at radius 1 is 0.923 bits per heavy atom. The van der Waals surface area contributed by atoms with Gasteiger partial charge in [0.25, 0.3) is 0 Å². The minimum Gasteiger partial charge on any atom is -0.480 e. The number of carbonyl (C=O) groups excluding carboxylic acids is 2. The van der Waals surface area contributed by atoms with Gasteiger partial charge in [-0.2, -0.15) is 0 Å². The van der Waals surface area contributed by atoms with Crippen LogP contribution >= 0.6 is 0 Å². The van der Waals surface area contributed by atoms with E-state index in [2.05, 4.69) is 24.4 Å². The molecule has 0 saturated carbocycles. The molecular formula is C20H36N2O4. The zero-order valence-corrected chi connectivity index (χ0v) is 16.2. The number of carboxylic acid groups (broad SMARTS) is 1. The maximum atomic E-state index is 11.7. The van der Waals surface area contributed by atoms with Gasteiger partial charge in [-0.15, -0.1) is 0 Å². The highest BCUT2D eigenvalue weighted by Gasteiger charge is 2.21. The number of allylic oxidation sites excluding steroid dienone is 2. The zero-order chi connectivity index (χ0) is 19.6. The summed E-state index contributed by atoms with van der Waals surface area (Å²) in [7, 11) is 0. The molecule has 0 aromatic carbocycles. The lowest BCUT2D eigenvalue weighted by molar-refractivity contribution is -0.143. The second-order valence-electron chi connectivity index (χ2n) is 6.76. The molecule has 0 fully saturated rings. The summed E-state index contributed by atoms with van der Waals surface area (Å²) in [5.74, 6) is -2.33. The van der Waals surface area contributed by atoms with E-state index in [4.69, 9.17) is 10.8 Å². The molecule has 4 N–H and O–H groups in total. The van der Waals surface area contributed by atoms with Gasteiger partial charge in [0.15, 0.2) is 0 Å². The molecule has 2 amide bonds. The van der Waals surface area contributed by atoms with Crippen LogP contribution in [0.15, 0.2) is 12.2 Å². The molecule has 6 heteroatoms. The van der Waals surface area contributed by atoms with E-state index in [1.54, 1.807) is 0 Å². The van der Waals surface area contributed by atoms with Gasteiger partial charge in [0.05, 0.1) is 6.42 Å². The van der Waals surface area contributed by atoms with Crippen molar-refractivity contribution in [1.82, 2.24) is 5.32 Å². The minimum absolute atomic E-state index is 0.278. The molecule has 150 valence electrons. The number of nitrogens with one attached hydrogen (secondary N) is 1. The quantitative estimate of drug-likeness (QED) is 0.269. The average molecular weight is 369 g/mol. The van der Waals surface area contributed by atoms with E-state index in [1.807, 2.05) is 0 Å². The van der Waals surface area contributed by atoms with E-state index in [9.17, 15) is 14.4 Å². The second-order valence-corrected chi connectivity index (χ2v) is 6.76. The van der Waals surface area contributed by atoms with Crippen molar-refractivity contribution >= 4 is 17.8 Å². The van der Waals surface area contributed by atoms with Gasteiger partial charge in [0.1, 0.15) is 6.04 Å². The van der Waals surface area contributed by atoms with Crippen LogP contribution in [0.25, 0.3) is 0 Å². The van der Waals surface area contributed by atoms with Crippen molar-refractivity contribution in [1.29, 1.82) is 0 Å². The highest BCUT2D eigenvalue weighted by molar-refractivity contribution is 5.88. The van der Waals surface area contributed by atoms with Crippen LogP contribution in [0.5, 0.6) is 0 Å². The summed E-state index contributed by atoms with van der Waals surface area (Å²) < 4.78 is 0. The number of hydrogen-bond acceptors (Lipinski definition) is 3. The molecule has 0 aromatic rings. The maximum Gasteiger partial charge on any atom is 0.326 e. The number of hydrogen-bond donors (Lipinski definition) is 3. The molecular weight excluding hydrogens is 332 g/mol. The van der Waals surface area contributed by atoms with Crippen LogP contribution in [-0.2, 0) is 14.4 Å². The third kappa shape index (κ3) is 15.7. The number of carboxylic acids is 1. The highest BCUT2D eigenvalue weighted by atomic mass is 16.4. The first-order valence-corrected chi connectivity index (χ1v) is 9.92. The van der Waals surface area contributed by atoms with E-state index < -0.39 is 17.9 Å². The van der Waals surface area contributed by atoms with Crippen LogP contribution in [0.1, 0.15) is 90.4 Å². The number of unbranched alkanes of at least 4 members (excludes halogenated alkanes) is 9. The Hall–Kier alpha value is -1.85. The molecule has 0 aliphatic heterocycles. The Labute approximate surface area is 157 Å². The van der Waals surface area contributed by atoms with Crippen LogP contribution in [0, 0.1) is 0 Å². The summed E-state index contributed by atoms with van der Waals surface area (Å²) in [6.07, 6.45) is 17.0. The predicted octanol–water partition coefficient (Wildman–Crippen LogP) is 3.69. The van der Waals surface area contributed by atoms with E-state index >= 15 is 0 Å². The van der Waals surface area contributed by atoms with Gasteiger partial charge in [0.2, 0.25) is 11.8 Å². The fourth-order valence-electron chi connectivity index (χ4n) is 2.67. The lowest BCUT2D eigenvalue weighted by Crippen LogP contribution is -2.43. The van der Waals surface area contributed by atoms with Gasteiger partial charge >= 0.3 is 5.97 Å². The average Bonchev–Trinajstić information content (AvgIpc) is 2.58. The number of primary amides is 1. The van der Waals surface area contributed by atoms with Gasteiger partial charge in [-0.3, -0.25) is 9.59 Å². The van der Waals surface area contributed by atoms with Crippen LogP contribution in [0.2, 0.25) is 0 Å². The fraction of sp³-hybridized carbons (Fsp3) is 0.750. The fourth-order valence-corrected chi connectivity index (χ4v) is 2.67. The lowest BCUT2D eigenvalue weighted by atomic mass is 10.1. The van der Waals surface area contributed by atoms with E-state index in [0.717, 1.165) is 38.5 Å². The Kier molecular flexibility index (Phi) is 15.4. The molecule has 0 aliphatic rings. The van der Waals surface area contributed by atoms with E-state index in [-0.39, 0.29) is 18.7 Å². The van der Waals surface area contributed by atoms with Crippen LogP contribution in [0.3, 0.4) is 0 Å². The van der Waals surface area contributed by atoms with Crippen LogP contribution < -0.4 is 11.1 Å². The first kappa shape index (κ1) is 24.1. The molecule has 0 aliphatic carbocycles. The number of carbonyl (C=O) groups is 3. The Morgan fingerprint density at radius 3 is 2.00 bits per heavy atom. The normalized spacial score (nSPS) is 12.2. The lowest BCUT2D eigenvalue weighted by Gasteiger charge is -2.12. The van der Waals surface area contributed by atoms with Gasteiger partial charge in [-0.05, 0) is 32.1 Å². The summed E-state index contributed by atoms with van der Waals surface area (Å²) >= 11 is 0. The summed E-state index contributed by atoms with van der Waals surface area (Å²) in [6, 6.07) is -1.23. The Balaban J connectivity index is 3.56. The van der Waals surface area contributed by atoms with Gasteiger partial charge in [-0.1, -0.05) is 57.6 Å². The van der Waals surface area contributed by atoms with E-state index in [0.29, 0.717) is 0 Å². The van der Waals surface area contributed by atoms with Gasteiger partial charge in [-0.25, -0.2) is 4.79 Å². The van der Waals surface area contributed by atoms with Gasteiger partial charge < -0.3 is 16.2 Å². The molecule has 0 aromatic heterocycles. The molecule has 0 saturated heterocycles. The van der Waals surface area contributed by atoms with Crippen molar-refractivity contribution < 1.29 is 19.5 Å². The molecule has 0 spiro atoms. The maximum absolute atomic E-state index is 11.7. The first-order valence-electron chi connectivity index (χ1n) is 9.92. The van der Waals surface area contributed by atoms with Crippen molar-refractivity contribution in [3.8, 4) is 0 Å². The number of aliphatic carboxylic acids is 1. The van der Waals surface area contributed by atoms with Crippen molar-refractivity contribution in [3.63, 3.8) is 0 Å². The van der Waals surface area contributed by atoms with Crippen molar-refractivity contribution in [2.45, 2.75) is 96.4 Å². The molecule has 1 atom stereocenters. The third-order valence-electron chi connectivity index (χ3n) is 4.20. The zero-order valence-electron chi connectivity index (χ0n) is 16.2. The largest absolute Gasteiger partial charge is 0.480 e. The van der Waals surface area contributed by atoms with Crippen LogP contribution in [0.4, 0.5) is 0 Å². The van der Waals surface area contributed by atoms with Crippen molar-refractivity contribution in [2.75, 3.05) is 0 Å². The smallest absolute Gasteiger partial charge is 0.326 e. The summed E-state index contributed by atoms with van der Waals surface area (Å²) in [5.41, 5.74) is 4.97. The molecule has 0 radical (unpaired) electrons. The van der Waals surface area contributed by atoms with Gasteiger partial charge in [0, 0.05) is 6.42 Å². The predicted molar refractivity (Wildman–Crippen MR) is 104 cm³/mol. The Bertz CT molecular complexity index is 436. The number of nitrogens with two attached hydrogens (primary N) is 1. The minimum atomic E-state index is -1.24. The molecule has 0 heterocycles. The topological polar surface area (TPSA) is 109 Å². The molecule has 0 rings (SSSR count). The number of rotatable bonds is 17. The highest BCUT2D eigenvalue weighted by Crippen LogP contribution is 2.09. The molecule has 26 heavy (non-hydrogen) atoms. The number of amides is 2. The Morgan fingerprint density at radius 2 is 1.46 bits per heavy atom. The monoisotopic (exact) mass is 368 g/mol. The first-order chi connectivity index (χ1) is 12.5. The summed E-state index contributed by atoms with van der Waals surface area (Å²) in [4.78, 5) is 33.4. The standard InChI is InChI=1S/C20H36N2O4/c1-2-3-4-5-6-7-8-9-10-11-12-13-14-15-19(24)22-17(20(25)26)16-18(21)23/h7-8,17H,2-6,9-16H2,1H3,(H2,21,23)(H,22,24)(H,25,26)/b8-7-/t17-/m0/s1. The van der Waals surface area contributed by atoms with Crippen molar-refractivity contribution in [3.05, 3.63) is 12.2 Å². The second kappa shape index (κ2) is 16.6. The van der Waals surface area contributed by atoms with E-state index in [1.165, 1.54) is 32.1 Å². The van der Waals surface area contributed by atoms with Crippen LogP contribution in [-0.4, -0.2) is 28.9 Å². The summed E-state index contributed by atoms with van der Waals surface area (Å²) in [5, 5.41) is 11.3. The SMILES string of the molecule is CCCCCC/C=C\CCCCCCCC(=O)N[C@@H](CC(N)=O)C(=O)O. The summed E-state index contributed by atoms with van der Waals surface area (Å²) in [6.45, 7) is 2.22. The molecule has 0 bridgehead atoms. The molecule has 6 nitrogen and oxygen atoms in total.